The quantitative estimate of drug-likeness (QED) is 0.780. The van der Waals surface area contributed by atoms with E-state index in [2.05, 4.69) is 35.0 Å². The van der Waals surface area contributed by atoms with Gasteiger partial charge in [-0.3, -0.25) is 9.69 Å². The Morgan fingerprint density at radius 3 is 2.52 bits per heavy atom. The number of nitrogens with one attached hydrogen (secondary N) is 1. The predicted octanol–water partition coefficient (Wildman–Crippen LogP) is 3.40. The Kier molecular flexibility index (Phi) is 6.53. The van der Waals surface area contributed by atoms with Crippen molar-refractivity contribution >= 4 is 17.4 Å². The van der Waals surface area contributed by atoms with Gasteiger partial charge < -0.3 is 10.2 Å². The Labute approximate surface area is 184 Å². The lowest BCUT2D eigenvalue weighted by molar-refractivity contribution is -0.117. The number of amides is 1. The third kappa shape index (κ3) is 4.88. The fourth-order valence-corrected chi connectivity index (χ4v) is 4.67. The molecule has 0 saturated carbocycles. The number of para-hydroxylation sites is 1. The lowest BCUT2D eigenvalue weighted by Gasteiger charge is -2.36. The third-order valence-corrected chi connectivity index (χ3v) is 6.14. The van der Waals surface area contributed by atoms with E-state index in [1.165, 1.54) is 16.8 Å². The van der Waals surface area contributed by atoms with Crippen molar-refractivity contribution in [2.45, 2.75) is 39.5 Å². The number of nitrogens with zero attached hydrogens (tertiary/aromatic N) is 4. The summed E-state index contributed by atoms with van der Waals surface area (Å²) in [6.45, 7) is 7.95. The van der Waals surface area contributed by atoms with Crippen LogP contribution in [0.5, 0.6) is 0 Å². The summed E-state index contributed by atoms with van der Waals surface area (Å²) in [6.07, 6.45) is 4.10. The van der Waals surface area contributed by atoms with Crippen molar-refractivity contribution in [3.8, 4) is 6.07 Å². The smallest absolute Gasteiger partial charge is 0.238 e. The van der Waals surface area contributed by atoms with Gasteiger partial charge in [0.2, 0.25) is 5.91 Å². The molecule has 2 heterocycles. The summed E-state index contributed by atoms with van der Waals surface area (Å²) in [6, 6.07) is 12.0. The molecule has 6 heteroatoms. The van der Waals surface area contributed by atoms with E-state index >= 15 is 0 Å². The highest BCUT2D eigenvalue weighted by atomic mass is 16.2. The largest absolute Gasteiger partial charge is 0.353 e. The van der Waals surface area contributed by atoms with E-state index in [0.29, 0.717) is 12.5 Å². The molecule has 1 aromatic heterocycles. The summed E-state index contributed by atoms with van der Waals surface area (Å²) < 4.78 is 0. The summed E-state index contributed by atoms with van der Waals surface area (Å²) in [7, 11) is 0. The number of rotatable bonds is 6. The van der Waals surface area contributed by atoms with E-state index in [1.54, 1.807) is 0 Å². The highest BCUT2D eigenvalue weighted by Crippen LogP contribution is 2.34. The molecule has 1 fully saturated rings. The fraction of sp³-hybridized carbons (Fsp3) is 0.480. The van der Waals surface area contributed by atoms with Gasteiger partial charge >= 0.3 is 0 Å². The van der Waals surface area contributed by atoms with Gasteiger partial charge in [0.25, 0.3) is 0 Å². The lowest BCUT2D eigenvalue weighted by atomic mass is 9.97. The molecule has 31 heavy (non-hydrogen) atoms. The van der Waals surface area contributed by atoms with Gasteiger partial charge in [0.15, 0.2) is 0 Å². The molecular formula is C25H31N5O. The number of fused-ring (bicyclic) bond motifs is 1. The third-order valence-electron chi connectivity index (χ3n) is 6.14. The number of hydrogen-bond donors (Lipinski definition) is 1. The minimum absolute atomic E-state index is 0.00670. The standard InChI is InChI=1S/C25H31N5O/c1-18(2)15-23-21-10-6-9-20(21)22(16-26)25(28-23)30-13-11-29(12-14-30)17-24(31)27-19-7-4-3-5-8-19/h3-5,7-8,18H,6,9-15,17H2,1-2H3,(H,27,31). The van der Waals surface area contributed by atoms with Crippen LogP contribution in [0.2, 0.25) is 0 Å². The summed E-state index contributed by atoms with van der Waals surface area (Å²) in [5.41, 5.74) is 5.33. The Morgan fingerprint density at radius 2 is 1.84 bits per heavy atom. The molecule has 2 aliphatic rings. The van der Waals surface area contributed by atoms with Crippen molar-refractivity contribution in [1.82, 2.24) is 9.88 Å². The van der Waals surface area contributed by atoms with Crippen molar-refractivity contribution in [2.75, 3.05) is 42.9 Å². The maximum Gasteiger partial charge on any atom is 0.238 e. The summed E-state index contributed by atoms with van der Waals surface area (Å²) >= 11 is 0. The van der Waals surface area contributed by atoms with Crippen LogP contribution in [0, 0.1) is 17.2 Å². The minimum Gasteiger partial charge on any atom is -0.353 e. The number of pyridine rings is 1. The number of benzene rings is 1. The lowest BCUT2D eigenvalue weighted by Crippen LogP contribution is -2.49. The van der Waals surface area contributed by atoms with E-state index in [1.807, 2.05) is 30.3 Å². The first-order valence-corrected chi connectivity index (χ1v) is 11.3. The maximum absolute atomic E-state index is 12.4. The second kappa shape index (κ2) is 9.49. The Balaban J connectivity index is 1.44. The fourth-order valence-electron chi connectivity index (χ4n) is 4.67. The van der Waals surface area contributed by atoms with Gasteiger partial charge in [-0.25, -0.2) is 4.98 Å². The van der Waals surface area contributed by atoms with Gasteiger partial charge in [-0.15, -0.1) is 0 Å². The molecule has 1 aliphatic heterocycles. The van der Waals surface area contributed by atoms with E-state index in [4.69, 9.17) is 4.98 Å². The highest BCUT2D eigenvalue weighted by Gasteiger charge is 2.28. The summed E-state index contributed by atoms with van der Waals surface area (Å²) in [5.74, 6) is 1.40. The van der Waals surface area contributed by atoms with Crippen LogP contribution in [0.4, 0.5) is 11.5 Å². The molecule has 1 aromatic carbocycles. The van der Waals surface area contributed by atoms with Crippen LogP contribution >= 0.6 is 0 Å². The zero-order valence-corrected chi connectivity index (χ0v) is 18.5. The van der Waals surface area contributed by atoms with Gasteiger partial charge in [0.05, 0.1) is 12.1 Å². The van der Waals surface area contributed by atoms with Crippen molar-refractivity contribution in [3.63, 3.8) is 0 Å². The number of anilines is 2. The molecule has 4 rings (SSSR count). The van der Waals surface area contributed by atoms with Crippen LogP contribution < -0.4 is 10.2 Å². The molecule has 1 aliphatic carbocycles. The molecule has 2 aromatic rings. The Morgan fingerprint density at radius 1 is 1.13 bits per heavy atom. The Bertz CT molecular complexity index is 972. The molecule has 0 unspecified atom stereocenters. The van der Waals surface area contributed by atoms with Crippen LogP contribution in [0.1, 0.15) is 42.7 Å². The molecule has 0 atom stereocenters. The first-order chi connectivity index (χ1) is 15.0. The molecule has 1 saturated heterocycles. The van der Waals surface area contributed by atoms with E-state index in [0.717, 1.165) is 68.9 Å². The molecular weight excluding hydrogens is 386 g/mol. The summed E-state index contributed by atoms with van der Waals surface area (Å²) in [5, 5.41) is 12.9. The van der Waals surface area contributed by atoms with Crippen molar-refractivity contribution in [1.29, 1.82) is 5.26 Å². The van der Waals surface area contributed by atoms with Crippen LogP contribution in [-0.2, 0) is 24.1 Å². The minimum atomic E-state index is 0.00670. The van der Waals surface area contributed by atoms with E-state index < -0.39 is 0 Å². The van der Waals surface area contributed by atoms with Crippen LogP contribution in [0.15, 0.2) is 30.3 Å². The molecule has 1 N–H and O–H groups in total. The first kappa shape index (κ1) is 21.3. The van der Waals surface area contributed by atoms with E-state index in [-0.39, 0.29) is 5.91 Å². The van der Waals surface area contributed by atoms with Crippen LogP contribution in [-0.4, -0.2) is 48.5 Å². The number of piperazine rings is 1. The zero-order chi connectivity index (χ0) is 21.8. The van der Waals surface area contributed by atoms with Gasteiger partial charge in [-0.05, 0) is 54.9 Å². The van der Waals surface area contributed by atoms with Gasteiger partial charge in [0.1, 0.15) is 11.9 Å². The molecule has 0 spiro atoms. The number of carbonyl (C=O) groups is 1. The van der Waals surface area contributed by atoms with Gasteiger partial charge in [-0.1, -0.05) is 32.0 Å². The zero-order valence-electron chi connectivity index (χ0n) is 18.5. The molecule has 1 amide bonds. The maximum atomic E-state index is 12.4. The van der Waals surface area contributed by atoms with Crippen molar-refractivity contribution in [3.05, 3.63) is 52.7 Å². The summed E-state index contributed by atoms with van der Waals surface area (Å²) in [4.78, 5) is 21.8. The van der Waals surface area contributed by atoms with Crippen LogP contribution in [0.3, 0.4) is 0 Å². The number of carbonyl (C=O) groups excluding carboxylic acids is 1. The van der Waals surface area contributed by atoms with E-state index in [9.17, 15) is 10.1 Å². The average molecular weight is 418 g/mol. The number of nitriles is 1. The molecule has 162 valence electrons. The van der Waals surface area contributed by atoms with Crippen molar-refractivity contribution < 1.29 is 4.79 Å². The normalized spacial score (nSPS) is 16.3. The topological polar surface area (TPSA) is 72.3 Å². The number of hydrogen-bond acceptors (Lipinski definition) is 5. The van der Waals surface area contributed by atoms with Gasteiger partial charge in [0, 0.05) is 37.6 Å². The predicted molar refractivity (Wildman–Crippen MR) is 123 cm³/mol. The van der Waals surface area contributed by atoms with Gasteiger partial charge in [-0.2, -0.15) is 5.26 Å². The Hall–Kier alpha value is -2.91. The molecule has 0 bridgehead atoms. The average Bonchev–Trinajstić information content (AvgIpc) is 3.24. The SMILES string of the molecule is CC(C)Cc1nc(N2CCN(CC(=O)Nc3ccccc3)CC2)c(C#N)c2c1CCC2. The second-order valence-electron chi connectivity index (χ2n) is 8.95. The van der Waals surface area contributed by atoms with Crippen molar-refractivity contribution in [2.24, 2.45) is 5.92 Å². The monoisotopic (exact) mass is 417 g/mol. The highest BCUT2D eigenvalue weighted by molar-refractivity contribution is 5.92. The second-order valence-corrected chi connectivity index (χ2v) is 8.95. The molecule has 0 radical (unpaired) electrons. The van der Waals surface area contributed by atoms with Crippen LogP contribution in [0.25, 0.3) is 0 Å². The first-order valence-electron chi connectivity index (χ1n) is 11.3. The molecule has 6 nitrogen and oxygen atoms in total. The number of aromatic nitrogens is 1.